The van der Waals surface area contributed by atoms with Crippen molar-refractivity contribution in [1.29, 1.82) is 5.26 Å². The first-order valence-corrected chi connectivity index (χ1v) is 5.23. The Labute approximate surface area is 103 Å². The monoisotopic (exact) mass is 245 g/mol. The summed E-state index contributed by atoms with van der Waals surface area (Å²) in [5.74, 6) is 1.30. The summed E-state index contributed by atoms with van der Waals surface area (Å²) in [6, 6.07) is 13.1. The van der Waals surface area contributed by atoms with Crippen molar-refractivity contribution in [2.75, 3.05) is 0 Å². The number of hydrogen-bond acceptors (Lipinski definition) is 3. The highest BCUT2D eigenvalue weighted by Gasteiger charge is 2.03. The molecular weight excluding hydrogens is 238 g/mol. The molecule has 0 aliphatic rings. The van der Waals surface area contributed by atoms with Crippen LogP contribution >= 0.6 is 11.6 Å². The summed E-state index contributed by atoms with van der Waals surface area (Å²) in [6.07, 6.45) is 0. The van der Waals surface area contributed by atoms with E-state index in [0.29, 0.717) is 22.1 Å². The number of benzene rings is 2. The molecular formula is C13H8ClNO2. The first kappa shape index (κ1) is 11.3. The Hall–Kier alpha value is -2.18. The van der Waals surface area contributed by atoms with Gasteiger partial charge in [-0.25, -0.2) is 0 Å². The lowest BCUT2D eigenvalue weighted by atomic mass is 10.2. The number of nitriles is 1. The third-order valence-corrected chi connectivity index (χ3v) is 2.45. The van der Waals surface area contributed by atoms with E-state index < -0.39 is 0 Å². The fourth-order valence-corrected chi connectivity index (χ4v) is 1.51. The second kappa shape index (κ2) is 4.77. The summed E-state index contributed by atoms with van der Waals surface area (Å²) >= 11 is 5.88. The molecule has 0 bridgehead atoms. The van der Waals surface area contributed by atoms with Gasteiger partial charge in [0.15, 0.2) is 0 Å². The van der Waals surface area contributed by atoms with Crippen molar-refractivity contribution >= 4 is 11.6 Å². The third-order valence-electron chi connectivity index (χ3n) is 2.13. The van der Waals surface area contributed by atoms with Crippen LogP contribution in [-0.2, 0) is 0 Å². The van der Waals surface area contributed by atoms with E-state index in [2.05, 4.69) is 0 Å². The maximum Gasteiger partial charge on any atom is 0.129 e. The molecule has 0 amide bonds. The topological polar surface area (TPSA) is 53.2 Å². The standard InChI is InChI=1S/C13H8ClNO2/c14-13-7-12(4-1-9(13)8-15)17-11-5-2-10(16)3-6-11/h1-7,16H. The number of hydrogen-bond donors (Lipinski definition) is 1. The molecule has 0 heterocycles. The van der Waals surface area contributed by atoms with E-state index in [1.54, 1.807) is 30.3 Å². The lowest BCUT2D eigenvalue weighted by Gasteiger charge is -2.06. The predicted molar refractivity (Wildman–Crippen MR) is 64.3 cm³/mol. The molecule has 0 aliphatic carbocycles. The zero-order valence-corrected chi connectivity index (χ0v) is 9.48. The summed E-state index contributed by atoms with van der Waals surface area (Å²) in [4.78, 5) is 0. The highest BCUT2D eigenvalue weighted by atomic mass is 35.5. The van der Waals surface area contributed by atoms with Crippen LogP contribution in [-0.4, -0.2) is 5.11 Å². The molecule has 0 spiro atoms. The Bertz CT molecular complexity index is 573. The fraction of sp³-hybridized carbons (Fsp3) is 0. The summed E-state index contributed by atoms with van der Waals surface area (Å²) in [7, 11) is 0. The molecule has 1 N–H and O–H groups in total. The van der Waals surface area contributed by atoms with Gasteiger partial charge in [-0.1, -0.05) is 11.6 Å². The van der Waals surface area contributed by atoms with Crippen LogP contribution < -0.4 is 4.74 Å². The molecule has 0 fully saturated rings. The highest BCUT2D eigenvalue weighted by molar-refractivity contribution is 6.31. The van der Waals surface area contributed by atoms with E-state index in [4.69, 9.17) is 26.7 Å². The van der Waals surface area contributed by atoms with Gasteiger partial charge in [0.2, 0.25) is 0 Å². The Morgan fingerprint density at radius 2 is 1.71 bits per heavy atom. The average Bonchev–Trinajstić information content (AvgIpc) is 2.32. The van der Waals surface area contributed by atoms with Crippen molar-refractivity contribution in [3.63, 3.8) is 0 Å². The Morgan fingerprint density at radius 3 is 2.29 bits per heavy atom. The maximum atomic E-state index is 9.12. The summed E-state index contributed by atoms with van der Waals surface area (Å²) in [5, 5.41) is 18.2. The van der Waals surface area contributed by atoms with Crippen molar-refractivity contribution < 1.29 is 9.84 Å². The largest absolute Gasteiger partial charge is 0.508 e. The molecule has 17 heavy (non-hydrogen) atoms. The average molecular weight is 246 g/mol. The van der Waals surface area contributed by atoms with Crippen LogP contribution in [0, 0.1) is 11.3 Å². The Morgan fingerprint density at radius 1 is 1.06 bits per heavy atom. The van der Waals surface area contributed by atoms with E-state index in [1.165, 1.54) is 12.1 Å². The molecule has 0 radical (unpaired) electrons. The summed E-state index contributed by atoms with van der Waals surface area (Å²) in [6.45, 7) is 0. The van der Waals surface area contributed by atoms with Crippen LogP contribution in [0.25, 0.3) is 0 Å². The lowest BCUT2D eigenvalue weighted by Crippen LogP contribution is -1.85. The van der Waals surface area contributed by atoms with Gasteiger partial charge in [0.25, 0.3) is 0 Å². The molecule has 0 saturated heterocycles. The molecule has 4 heteroatoms. The molecule has 0 atom stereocenters. The fourth-order valence-electron chi connectivity index (χ4n) is 1.30. The molecule has 3 nitrogen and oxygen atoms in total. The van der Waals surface area contributed by atoms with E-state index in [0.717, 1.165) is 0 Å². The number of phenols is 1. The van der Waals surface area contributed by atoms with Gasteiger partial charge in [-0.15, -0.1) is 0 Å². The number of phenolic OH excluding ortho intramolecular Hbond substituents is 1. The molecule has 0 unspecified atom stereocenters. The van der Waals surface area contributed by atoms with Crippen LogP contribution in [0.2, 0.25) is 5.02 Å². The van der Waals surface area contributed by atoms with Gasteiger partial charge in [0, 0.05) is 6.07 Å². The number of ether oxygens (including phenoxy) is 1. The summed E-state index contributed by atoms with van der Waals surface area (Å²) in [5.41, 5.74) is 0.407. The minimum Gasteiger partial charge on any atom is -0.508 e. The number of halogens is 1. The quantitative estimate of drug-likeness (QED) is 0.878. The summed E-state index contributed by atoms with van der Waals surface area (Å²) < 4.78 is 5.51. The molecule has 0 aromatic heterocycles. The van der Waals surface area contributed by atoms with Gasteiger partial charge >= 0.3 is 0 Å². The Balaban J connectivity index is 2.22. The van der Waals surface area contributed by atoms with Crippen LogP contribution in [0.4, 0.5) is 0 Å². The van der Waals surface area contributed by atoms with Crippen LogP contribution in [0.3, 0.4) is 0 Å². The van der Waals surface area contributed by atoms with Gasteiger partial charge in [-0.2, -0.15) is 5.26 Å². The molecule has 2 aromatic carbocycles. The predicted octanol–water partition coefficient (Wildman–Crippen LogP) is 3.71. The minimum atomic E-state index is 0.176. The van der Waals surface area contributed by atoms with Crippen molar-refractivity contribution in [2.24, 2.45) is 0 Å². The first-order chi connectivity index (χ1) is 8.19. The highest BCUT2D eigenvalue weighted by Crippen LogP contribution is 2.27. The van der Waals surface area contributed by atoms with Gasteiger partial charge in [-0.05, 0) is 36.4 Å². The van der Waals surface area contributed by atoms with E-state index in [-0.39, 0.29) is 5.75 Å². The second-order valence-corrected chi connectivity index (χ2v) is 3.76. The maximum absolute atomic E-state index is 9.12. The van der Waals surface area contributed by atoms with E-state index in [9.17, 15) is 0 Å². The smallest absolute Gasteiger partial charge is 0.129 e. The lowest BCUT2D eigenvalue weighted by molar-refractivity contribution is 0.464. The minimum absolute atomic E-state index is 0.176. The molecule has 0 aliphatic heterocycles. The van der Waals surface area contributed by atoms with Gasteiger partial charge in [0.05, 0.1) is 10.6 Å². The van der Waals surface area contributed by atoms with E-state index >= 15 is 0 Å². The van der Waals surface area contributed by atoms with Crippen molar-refractivity contribution in [3.8, 4) is 23.3 Å². The molecule has 2 aromatic rings. The normalized spacial score (nSPS) is 9.65. The van der Waals surface area contributed by atoms with Gasteiger partial charge in [0.1, 0.15) is 23.3 Å². The molecule has 84 valence electrons. The van der Waals surface area contributed by atoms with Gasteiger partial charge in [-0.3, -0.25) is 0 Å². The van der Waals surface area contributed by atoms with Gasteiger partial charge < -0.3 is 9.84 Å². The zero-order chi connectivity index (χ0) is 12.3. The van der Waals surface area contributed by atoms with Crippen molar-refractivity contribution in [2.45, 2.75) is 0 Å². The number of aromatic hydroxyl groups is 1. The van der Waals surface area contributed by atoms with Crippen LogP contribution in [0.1, 0.15) is 5.56 Å². The zero-order valence-electron chi connectivity index (χ0n) is 8.72. The molecule has 2 rings (SSSR count). The van der Waals surface area contributed by atoms with E-state index in [1.807, 2.05) is 6.07 Å². The van der Waals surface area contributed by atoms with Crippen LogP contribution in [0.15, 0.2) is 42.5 Å². The Kier molecular flexibility index (Phi) is 3.17. The third kappa shape index (κ3) is 2.68. The van der Waals surface area contributed by atoms with Crippen molar-refractivity contribution in [3.05, 3.63) is 53.1 Å². The second-order valence-electron chi connectivity index (χ2n) is 3.35. The van der Waals surface area contributed by atoms with Crippen LogP contribution in [0.5, 0.6) is 17.2 Å². The van der Waals surface area contributed by atoms with Crippen molar-refractivity contribution in [1.82, 2.24) is 0 Å². The number of rotatable bonds is 2. The SMILES string of the molecule is N#Cc1ccc(Oc2ccc(O)cc2)cc1Cl. The number of nitrogens with zero attached hydrogens (tertiary/aromatic N) is 1. The first-order valence-electron chi connectivity index (χ1n) is 4.85. The molecule has 0 saturated carbocycles.